The van der Waals surface area contributed by atoms with Crippen LogP contribution in [-0.2, 0) is 6.42 Å². The van der Waals surface area contributed by atoms with Crippen molar-refractivity contribution in [2.24, 2.45) is 0 Å². The van der Waals surface area contributed by atoms with Gasteiger partial charge in [-0.3, -0.25) is 0 Å². The zero-order chi connectivity index (χ0) is 13.8. The summed E-state index contributed by atoms with van der Waals surface area (Å²) >= 11 is 0. The molecule has 0 aliphatic heterocycles. The molecule has 0 saturated heterocycles. The van der Waals surface area contributed by atoms with Crippen molar-refractivity contribution in [2.45, 2.75) is 6.42 Å². The Morgan fingerprint density at radius 3 is 2.65 bits per heavy atom. The van der Waals surface area contributed by atoms with Crippen molar-refractivity contribution < 1.29 is 5.11 Å². The molecule has 0 aliphatic carbocycles. The maximum absolute atomic E-state index is 9.21. The summed E-state index contributed by atoms with van der Waals surface area (Å²) < 4.78 is 0. The van der Waals surface area contributed by atoms with Gasteiger partial charge in [-0.05, 0) is 24.1 Å². The fourth-order valence-corrected chi connectivity index (χ4v) is 1.84. The number of phenols is 1. The van der Waals surface area contributed by atoms with E-state index >= 15 is 0 Å². The van der Waals surface area contributed by atoms with E-state index in [4.69, 9.17) is 0 Å². The van der Waals surface area contributed by atoms with Crippen LogP contribution in [0.4, 0.5) is 5.95 Å². The Morgan fingerprint density at radius 2 is 1.80 bits per heavy atom. The van der Waals surface area contributed by atoms with Gasteiger partial charge in [-0.25, -0.2) is 15.0 Å². The number of rotatable bonds is 4. The number of benzene rings is 1. The van der Waals surface area contributed by atoms with Crippen LogP contribution in [0.25, 0.3) is 11.2 Å². The number of fused-ring (bicyclic) bond motifs is 1. The van der Waals surface area contributed by atoms with Gasteiger partial charge >= 0.3 is 0 Å². The Kier molecular flexibility index (Phi) is 3.36. The van der Waals surface area contributed by atoms with Crippen LogP contribution in [-0.4, -0.2) is 31.6 Å². The summed E-state index contributed by atoms with van der Waals surface area (Å²) in [5.74, 6) is 0.815. The largest absolute Gasteiger partial charge is 0.508 e. The molecule has 0 spiro atoms. The smallest absolute Gasteiger partial charge is 0.224 e. The maximum Gasteiger partial charge on any atom is 0.224 e. The molecule has 0 bridgehead atoms. The van der Waals surface area contributed by atoms with Gasteiger partial charge in [-0.2, -0.15) is 4.98 Å². The normalized spacial score (nSPS) is 10.6. The Balaban J connectivity index is 1.63. The molecule has 2 N–H and O–H groups in total. The van der Waals surface area contributed by atoms with Crippen LogP contribution in [0.1, 0.15) is 5.56 Å². The molecule has 1 aromatic carbocycles. The van der Waals surface area contributed by atoms with Gasteiger partial charge in [0.2, 0.25) is 5.95 Å². The molecule has 6 heteroatoms. The van der Waals surface area contributed by atoms with Crippen LogP contribution < -0.4 is 5.32 Å². The lowest BCUT2D eigenvalue weighted by Crippen LogP contribution is -2.08. The average molecular weight is 267 g/mol. The summed E-state index contributed by atoms with van der Waals surface area (Å²) in [5.41, 5.74) is 2.39. The number of hydrogen-bond acceptors (Lipinski definition) is 6. The fourth-order valence-electron chi connectivity index (χ4n) is 1.84. The van der Waals surface area contributed by atoms with Gasteiger partial charge in [-0.1, -0.05) is 12.1 Å². The van der Waals surface area contributed by atoms with Crippen molar-refractivity contribution in [1.82, 2.24) is 19.9 Å². The van der Waals surface area contributed by atoms with Gasteiger partial charge in [0.15, 0.2) is 5.65 Å². The first-order chi connectivity index (χ1) is 9.81. The summed E-state index contributed by atoms with van der Waals surface area (Å²) in [5, 5.41) is 12.4. The second kappa shape index (κ2) is 5.48. The first kappa shape index (κ1) is 12.3. The summed E-state index contributed by atoms with van der Waals surface area (Å²) in [6.07, 6.45) is 5.69. The molecule has 3 aromatic rings. The lowest BCUT2D eigenvalue weighted by Gasteiger charge is -2.05. The summed E-state index contributed by atoms with van der Waals surface area (Å²) in [7, 11) is 0. The molecule has 0 unspecified atom stereocenters. The van der Waals surface area contributed by atoms with E-state index in [1.807, 2.05) is 12.1 Å². The third-order valence-corrected chi connectivity index (χ3v) is 2.86. The number of phenolic OH excluding ortho intramolecular Hbond substituents is 1. The van der Waals surface area contributed by atoms with E-state index in [-0.39, 0.29) is 5.75 Å². The van der Waals surface area contributed by atoms with E-state index in [1.165, 1.54) is 0 Å². The highest BCUT2D eigenvalue weighted by Gasteiger charge is 2.01. The zero-order valence-corrected chi connectivity index (χ0v) is 10.7. The van der Waals surface area contributed by atoms with Crippen LogP contribution in [0.15, 0.2) is 42.9 Å². The second-order valence-corrected chi connectivity index (χ2v) is 4.30. The van der Waals surface area contributed by atoms with Crippen molar-refractivity contribution in [1.29, 1.82) is 0 Å². The van der Waals surface area contributed by atoms with E-state index in [0.29, 0.717) is 23.7 Å². The molecule has 0 atom stereocenters. The third-order valence-electron chi connectivity index (χ3n) is 2.86. The number of anilines is 1. The van der Waals surface area contributed by atoms with Crippen molar-refractivity contribution in [3.63, 3.8) is 0 Å². The predicted octanol–water partition coefficient (Wildman–Crippen LogP) is 1.78. The molecule has 0 fully saturated rings. The van der Waals surface area contributed by atoms with Crippen molar-refractivity contribution in [3.8, 4) is 5.75 Å². The lowest BCUT2D eigenvalue weighted by molar-refractivity contribution is 0.475. The molecule has 6 nitrogen and oxygen atoms in total. The molecule has 2 aromatic heterocycles. The minimum atomic E-state index is 0.276. The number of nitrogens with one attached hydrogen (secondary N) is 1. The highest BCUT2D eigenvalue weighted by Crippen LogP contribution is 2.10. The molecule has 2 heterocycles. The Bertz CT molecular complexity index is 714. The van der Waals surface area contributed by atoms with E-state index in [2.05, 4.69) is 25.3 Å². The summed E-state index contributed by atoms with van der Waals surface area (Å²) in [6, 6.07) is 7.14. The Labute approximate surface area is 115 Å². The lowest BCUT2D eigenvalue weighted by atomic mass is 10.1. The minimum Gasteiger partial charge on any atom is -0.508 e. The van der Waals surface area contributed by atoms with Crippen molar-refractivity contribution in [2.75, 3.05) is 11.9 Å². The highest BCUT2D eigenvalue weighted by molar-refractivity contribution is 5.68. The SMILES string of the molecule is Oc1ccc(CCNc2ncc3nccnc3n2)cc1. The second-order valence-electron chi connectivity index (χ2n) is 4.30. The third kappa shape index (κ3) is 2.80. The van der Waals surface area contributed by atoms with Crippen LogP contribution in [0.5, 0.6) is 5.75 Å². The summed E-state index contributed by atoms with van der Waals surface area (Å²) in [4.78, 5) is 16.7. The number of aromatic hydroxyl groups is 1. The van der Waals surface area contributed by atoms with Gasteiger partial charge in [0.25, 0.3) is 0 Å². The number of aromatic nitrogens is 4. The molecule has 0 amide bonds. The monoisotopic (exact) mass is 267 g/mol. The van der Waals surface area contributed by atoms with Gasteiger partial charge in [0.05, 0.1) is 6.20 Å². The first-order valence-corrected chi connectivity index (χ1v) is 6.27. The van der Waals surface area contributed by atoms with E-state index in [0.717, 1.165) is 12.0 Å². The van der Waals surface area contributed by atoms with E-state index in [1.54, 1.807) is 30.7 Å². The summed E-state index contributed by atoms with van der Waals surface area (Å²) in [6.45, 7) is 0.705. The first-order valence-electron chi connectivity index (χ1n) is 6.27. The predicted molar refractivity (Wildman–Crippen MR) is 75.4 cm³/mol. The molecule has 3 rings (SSSR count). The van der Waals surface area contributed by atoms with Crippen LogP contribution in [0.3, 0.4) is 0 Å². The Hall–Kier alpha value is -2.76. The van der Waals surface area contributed by atoms with Gasteiger partial charge < -0.3 is 10.4 Å². The molecular formula is C14H13N5O. The number of hydrogen-bond donors (Lipinski definition) is 2. The molecule has 0 aliphatic rings. The standard InChI is InChI=1S/C14H13N5O/c20-11-3-1-10(2-4-11)5-6-17-14-18-9-12-13(19-14)16-8-7-15-12/h1-4,7-9,20H,5-6H2,(H,16,17,18,19). The maximum atomic E-state index is 9.21. The molecule has 20 heavy (non-hydrogen) atoms. The zero-order valence-electron chi connectivity index (χ0n) is 10.7. The van der Waals surface area contributed by atoms with E-state index < -0.39 is 0 Å². The highest BCUT2D eigenvalue weighted by atomic mass is 16.3. The molecular weight excluding hydrogens is 254 g/mol. The van der Waals surface area contributed by atoms with Crippen molar-refractivity contribution in [3.05, 3.63) is 48.4 Å². The fraction of sp³-hybridized carbons (Fsp3) is 0.143. The van der Waals surface area contributed by atoms with Crippen LogP contribution in [0, 0.1) is 0 Å². The quantitative estimate of drug-likeness (QED) is 0.749. The van der Waals surface area contributed by atoms with Crippen LogP contribution >= 0.6 is 0 Å². The van der Waals surface area contributed by atoms with Gasteiger partial charge in [0.1, 0.15) is 11.3 Å². The molecule has 100 valence electrons. The number of nitrogens with zero attached hydrogens (tertiary/aromatic N) is 4. The van der Waals surface area contributed by atoms with Crippen molar-refractivity contribution >= 4 is 17.1 Å². The topological polar surface area (TPSA) is 83.8 Å². The molecule has 0 saturated carbocycles. The average Bonchev–Trinajstić information content (AvgIpc) is 2.49. The minimum absolute atomic E-state index is 0.276. The van der Waals surface area contributed by atoms with Gasteiger partial charge in [-0.15, -0.1) is 0 Å². The Morgan fingerprint density at radius 1 is 1.00 bits per heavy atom. The molecule has 0 radical (unpaired) electrons. The van der Waals surface area contributed by atoms with E-state index in [9.17, 15) is 5.11 Å². The van der Waals surface area contributed by atoms with Crippen LogP contribution in [0.2, 0.25) is 0 Å². The van der Waals surface area contributed by atoms with Gasteiger partial charge in [0, 0.05) is 18.9 Å².